The highest BCUT2D eigenvalue weighted by Gasteiger charge is 2.28. The Kier molecular flexibility index (Phi) is 9.09. The molecular formula is C36H36FN9O3. The van der Waals surface area contributed by atoms with E-state index in [0.717, 1.165) is 28.8 Å². The average Bonchev–Trinajstić information content (AvgIpc) is 3.64. The van der Waals surface area contributed by atoms with Crippen molar-refractivity contribution in [2.75, 3.05) is 69.0 Å². The minimum atomic E-state index is -0.637. The molecule has 0 aliphatic carbocycles. The molecule has 0 unspecified atom stereocenters. The third-order valence-electron chi connectivity index (χ3n) is 8.93. The predicted molar refractivity (Wildman–Crippen MR) is 186 cm³/mol. The molecule has 2 N–H and O–H groups in total. The fraction of sp³-hybridized carbons (Fsp3) is 0.278. The van der Waals surface area contributed by atoms with Crippen molar-refractivity contribution >= 4 is 40.0 Å². The van der Waals surface area contributed by atoms with Gasteiger partial charge >= 0.3 is 6.03 Å². The van der Waals surface area contributed by atoms with Crippen LogP contribution in [0.1, 0.15) is 16.8 Å². The number of hydrogen-bond acceptors (Lipinski definition) is 9. The minimum Gasteiger partial charge on any atom is -0.378 e. The molecule has 1 atom stereocenters. The molecule has 0 radical (unpaired) electrons. The van der Waals surface area contributed by atoms with Gasteiger partial charge in [-0.2, -0.15) is 0 Å². The lowest BCUT2D eigenvalue weighted by Crippen LogP contribution is -2.37. The van der Waals surface area contributed by atoms with E-state index in [4.69, 9.17) is 14.7 Å². The summed E-state index contributed by atoms with van der Waals surface area (Å²) in [5.74, 6) is 0.418. The molecule has 5 aromatic rings. The van der Waals surface area contributed by atoms with Crippen molar-refractivity contribution in [3.05, 3.63) is 90.8 Å². The second kappa shape index (κ2) is 13.9. The number of halogens is 1. The van der Waals surface area contributed by atoms with Crippen LogP contribution in [0.5, 0.6) is 0 Å². The standard InChI is InChI=1S/C36H36FN9O3/c1-44(2)28-11-12-46(21-28)35(47)23-3-7-27(8-4-23)40-36(48)42-31-10-6-25(17-30(31)37)33-41-32-18-24(26-19-38-22-39-20-26)5-9-29(32)34(43-33)45-13-15-49-16-14-45/h3-10,17-20,22,28H,11-16,21H2,1-2H3,(H2,40,42,48)/t28-/m0/s1. The molecule has 4 heterocycles. The van der Waals surface area contributed by atoms with Crippen molar-refractivity contribution in [1.82, 2.24) is 29.7 Å². The number of rotatable bonds is 7. The number of carbonyl (C=O) groups excluding carboxylic acids is 2. The summed E-state index contributed by atoms with van der Waals surface area (Å²) >= 11 is 0. The lowest BCUT2D eigenvalue weighted by Gasteiger charge is -2.29. The van der Waals surface area contributed by atoms with Gasteiger partial charge in [-0.15, -0.1) is 0 Å². The number of hydrogen-bond donors (Lipinski definition) is 2. The normalized spacial score (nSPS) is 16.3. The highest BCUT2D eigenvalue weighted by molar-refractivity contribution is 6.01. The fourth-order valence-electron chi connectivity index (χ4n) is 6.15. The van der Waals surface area contributed by atoms with Crippen LogP contribution in [0, 0.1) is 5.82 Å². The molecule has 2 aliphatic rings. The molecule has 3 aromatic carbocycles. The number of likely N-dealkylation sites (N-methyl/N-ethyl adjacent to an activating group) is 1. The van der Waals surface area contributed by atoms with Gasteiger partial charge in [0.2, 0.25) is 0 Å². The summed E-state index contributed by atoms with van der Waals surface area (Å²) in [6.07, 6.45) is 5.89. The van der Waals surface area contributed by atoms with Gasteiger partial charge in [0.1, 0.15) is 18.0 Å². The number of amides is 3. The summed E-state index contributed by atoms with van der Waals surface area (Å²) in [4.78, 5) is 49.8. The van der Waals surface area contributed by atoms with Gasteiger partial charge in [0.25, 0.3) is 5.91 Å². The monoisotopic (exact) mass is 661 g/mol. The molecule has 7 rings (SSSR count). The maximum absolute atomic E-state index is 15.5. The van der Waals surface area contributed by atoms with Gasteiger partial charge in [0.15, 0.2) is 5.82 Å². The zero-order chi connectivity index (χ0) is 33.9. The van der Waals surface area contributed by atoms with Crippen molar-refractivity contribution in [3.63, 3.8) is 0 Å². The number of anilines is 3. The van der Waals surface area contributed by atoms with E-state index in [-0.39, 0.29) is 11.6 Å². The molecule has 0 bridgehead atoms. The van der Waals surface area contributed by atoms with Crippen LogP contribution in [0.25, 0.3) is 33.4 Å². The molecule has 250 valence electrons. The quantitative estimate of drug-likeness (QED) is 0.243. The SMILES string of the molecule is CN(C)[C@H]1CCN(C(=O)c2ccc(NC(=O)Nc3ccc(-c4nc(N5CCOCC5)c5ccc(-c6cncnc6)cc5n4)cc3F)cc2)C1. The van der Waals surface area contributed by atoms with E-state index in [1.165, 1.54) is 18.5 Å². The molecule has 49 heavy (non-hydrogen) atoms. The fourth-order valence-corrected chi connectivity index (χ4v) is 6.15. The summed E-state index contributed by atoms with van der Waals surface area (Å²) in [5, 5.41) is 6.15. The maximum Gasteiger partial charge on any atom is 0.323 e. The average molecular weight is 662 g/mol. The second-order valence-corrected chi connectivity index (χ2v) is 12.3. The van der Waals surface area contributed by atoms with Crippen molar-refractivity contribution in [2.24, 2.45) is 0 Å². The van der Waals surface area contributed by atoms with Gasteiger partial charge in [-0.1, -0.05) is 6.07 Å². The molecule has 0 saturated carbocycles. The molecule has 2 fully saturated rings. The summed E-state index contributed by atoms with van der Waals surface area (Å²) < 4.78 is 21.0. The second-order valence-electron chi connectivity index (χ2n) is 12.3. The predicted octanol–water partition coefficient (Wildman–Crippen LogP) is 5.15. The van der Waals surface area contributed by atoms with Crippen LogP contribution in [-0.2, 0) is 4.74 Å². The van der Waals surface area contributed by atoms with E-state index in [1.807, 2.05) is 37.2 Å². The zero-order valence-electron chi connectivity index (χ0n) is 27.3. The van der Waals surface area contributed by atoms with Crippen molar-refractivity contribution in [1.29, 1.82) is 0 Å². The first-order chi connectivity index (χ1) is 23.8. The van der Waals surface area contributed by atoms with Crippen LogP contribution >= 0.6 is 0 Å². The summed E-state index contributed by atoms with van der Waals surface area (Å²) in [5.41, 5.74) is 3.92. The van der Waals surface area contributed by atoms with Gasteiger partial charge in [-0.05, 0) is 80.7 Å². The first-order valence-corrected chi connectivity index (χ1v) is 16.2. The zero-order valence-corrected chi connectivity index (χ0v) is 27.3. The lowest BCUT2D eigenvalue weighted by atomic mass is 10.1. The van der Waals surface area contributed by atoms with Gasteiger partial charge in [-0.3, -0.25) is 4.79 Å². The highest BCUT2D eigenvalue weighted by atomic mass is 19.1. The molecule has 2 saturated heterocycles. The Hall–Kier alpha value is -5.53. The Labute approximate surface area is 283 Å². The van der Waals surface area contributed by atoms with Crippen LogP contribution < -0.4 is 15.5 Å². The van der Waals surface area contributed by atoms with Crippen LogP contribution in [0.2, 0.25) is 0 Å². The first-order valence-electron chi connectivity index (χ1n) is 16.2. The number of likely N-dealkylation sites (tertiary alicyclic amines) is 1. The Morgan fingerprint density at radius 1 is 0.878 bits per heavy atom. The van der Waals surface area contributed by atoms with Gasteiger partial charge in [0, 0.05) is 72.4 Å². The largest absolute Gasteiger partial charge is 0.378 e. The van der Waals surface area contributed by atoms with E-state index in [1.54, 1.807) is 42.7 Å². The third kappa shape index (κ3) is 7.03. The molecule has 12 nitrogen and oxygen atoms in total. The highest BCUT2D eigenvalue weighted by Crippen LogP contribution is 2.32. The summed E-state index contributed by atoms with van der Waals surface area (Å²) in [6.45, 7) is 3.89. The third-order valence-corrected chi connectivity index (χ3v) is 8.93. The number of ether oxygens (including phenoxy) is 1. The number of benzene rings is 3. The maximum atomic E-state index is 15.5. The van der Waals surface area contributed by atoms with Crippen LogP contribution in [0.4, 0.5) is 26.4 Å². The van der Waals surface area contributed by atoms with E-state index < -0.39 is 11.8 Å². The summed E-state index contributed by atoms with van der Waals surface area (Å²) in [7, 11) is 4.04. The number of morpholine rings is 1. The van der Waals surface area contributed by atoms with Crippen LogP contribution in [-0.4, -0.2) is 101 Å². The van der Waals surface area contributed by atoms with Crippen LogP contribution in [0.15, 0.2) is 79.4 Å². The van der Waals surface area contributed by atoms with E-state index in [0.29, 0.717) is 73.6 Å². The number of carbonyl (C=O) groups is 2. The Balaban J connectivity index is 1.08. The van der Waals surface area contributed by atoms with Crippen molar-refractivity contribution in [3.8, 4) is 22.5 Å². The van der Waals surface area contributed by atoms with Gasteiger partial charge in [-0.25, -0.2) is 29.1 Å². The number of nitrogens with one attached hydrogen (secondary N) is 2. The van der Waals surface area contributed by atoms with Crippen LogP contribution in [0.3, 0.4) is 0 Å². The molecular weight excluding hydrogens is 625 g/mol. The number of urea groups is 1. The lowest BCUT2D eigenvalue weighted by molar-refractivity contribution is 0.0783. The summed E-state index contributed by atoms with van der Waals surface area (Å²) in [6, 6.07) is 16.8. The molecule has 2 aliphatic heterocycles. The van der Waals surface area contributed by atoms with E-state index in [9.17, 15) is 9.59 Å². The number of fused-ring (bicyclic) bond motifs is 1. The van der Waals surface area contributed by atoms with Crippen molar-refractivity contribution in [2.45, 2.75) is 12.5 Å². The smallest absolute Gasteiger partial charge is 0.323 e. The first kappa shape index (κ1) is 32.0. The van der Waals surface area contributed by atoms with Gasteiger partial charge < -0.3 is 30.1 Å². The molecule has 13 heteroatoms. The van der Waals surface area contributed by atoms with E-state index in [2.05, 4.69) is 30.4 Å². The number of nitrogens with zero attached hydrogens (tertiary/aromatic N) is 7. The Bertz CT molecular complexity index is 1990. The minimum absolute atomic E-state index is 0.00177. The number of aromatic nitrogens is 4. The topological polar surface area (TPSA) is 129 Å². The van der Waals surface area contributed by atoms with Crippen molar-refractivity contribution < 1.29 is 18.7 Å². The Morgan fingerprint density at radius 2 is 1.63 bits per heavy atom. The molecule has 3 amide bonds. The molecule has 2 aromatic heterocycles. The van der Waals surface area contributed by atoms with E-state index >= 15 is 4.39 Å². The Morgan fingerprint density at radius 3 is 2.35 bits per heavy atom. The molecule has 0 spiro atoms. The van der Waals surface area contributed by atoms with Gasteiger partial charge in [0.05, 0.1) is 24.4 Å².